The van der Waals surface area contributed by atoms with Gasteiger partial charge in [-0.1, -0.05) is 25.5 Å². The highest BCUT2D eigenvalue weighted by molar-refractivity contribution is 5.27. The quantitative estimate of drug-likeness (QED) is 0.603. The molecule has 0 aromatic carbocycles. The molecule has 4 rings (SSSR count). The minimum atomic E-state index is -0.395. The van der Waals surface area contributed by atoms with E-state index in [0.29, 0.717) is 17.8 Å². The van der Waals surface area contributed by atoms with E-state index >= 15 is 0 Å². The second kappa shape index (κ2) is 4.81. The standard InChI is InChI=1S/C19H30O3/c1-18-7-5-12(20)9-11(18)10-15(21)17-13-3-4-16(22)19(13,2)8-6-14(17)18/h10,12-17,20-22H,3-9H2,1-2H3/t12-,13-,14-,15-,16+,17-,18-,19-/m0/s1. The van der Waals surface area contributed by atoms with Crippen molar-refractivity contribution in [3.8, 4) is 0 Å². The monoisotopic (exact) mass is 306 g/mol. The first-order chi connectivity index (χ1) is 10.4. The largest absolute Gasteiger partial charge is 0.393 e. The van der Waals surface area contributed by atoms with Crippen molar-refractivity contribution >= 4 is 0 Å². The summed E-state index contributed by atoms with van der Waals surface area (Å²) in [7, 11) is 0. The third kappa shape index (κ3) is 1.85. The SMILES string of the molecule is C[C@]12CC[C@H]3[C@@H]([C@@H](O)C=C4C[C@@H](O)CC[C@@]43C)[C@@H]1CC[C@H]2O. The molecule has 4 aliphatic carbocycles. The van der Waals surface area contributed by atoms with Gasteiger partial charge in [0.25, 0.3) is 0 Å². The topological polar surface area (TPSA) is 60.7 Å². The van der Waals surface area contributed by atoms with Gasteiger partial charge >= 0.3 is 0 Å². The zero-order chi connectivity index (χ0) is 15.7. The number of rotatable bonds is 0. The van der Waals surface area contributed by atoms with Gasteiger partial charge in [-0.05, 0) is 73.5 Å². The molecule has 3 saturated carbocycles. The number of hydrogen-bond acceptors (Lipinski definition) is 3. The maximum absolute atomic E-state index is 10.9. The molecule has 0 bridgehead atoms. The number of aliphatic hydroxyl groups excluding tert-OH is 3. The van der Waals surface area contributed by atoms with Gasteiger partial charge in [-0.2, -0.15) is 0 Å². The molecule has 0 unspecified atom stereocenters. The van der Waals surface area contributed by atoms with Crippen molar-refractivity contribution in [2.45, 2.75) is 77.1 Å². The van der Waals surface area contributed by atoms with Gasteiger partial charge in [0, 0.05) is 0 Å². The molecule has 0 heterocycles. The van der Waals surface area contributed by atoms with Crippen LogP contribution in [0.15, 0.2) is 11.6 Å². The number of fused-ring (bicyclic) bond motifs is 5. The second-order valence-corrected chi connectivity index (χ2v) is 8.92. The maximum atomic E-state index is 10.9. The Labute approximate surface area is 133 Å². The summed E-state index contributed by atoms with van der Waals surface area (Å²) in [5, 5.41) is 31.3. The van der Waals surface area contributed by atoms with Gasteiger partial charge < -0.3 is 15.3 Å². The minimum Gasteiger partial charge on any atom is -0.393 e. The Balaban J connectivity index is 1.73. The van der Waals surface area contributed by atoms with Crippen molar-refractivity contribution in [2.24, 2.45) is 28.6 Å². The lowest BCUT2D eigenvalue weighted by atomic mass is 9.47. The molecule has 0 radical (unpaired) electrons. The fraction of sp³-hybridized carbons (Fsp3) is 0.895. The van der Waals surface area contributed by atoms with Crippen molar-refractivity contribution in [1.82, 2.24) is 0 Å². The fourth-order valence-corrected chi connectivity index (χ4v) is 6.60. The molecule has 3 heteroatoms. The van der Waals surface area contributed by atoms with Gasteiger partial charge in [0.1, 0.15) is 0 Å². The van der Waals surface area contributed by atoms with Gasteiger partial charge in [0.2, 0.25) is 0 Å². The lowest BCUT2D eigenvalue weighted by Gasteiger charge is -2.58. The van der Waals surface area contributed by atoms with E-state index in [1.165, 1.54) is 5.57 Å². The highest BCUT2D eigenvalue weighted by atomic mass is 16.3. The lowest BCUT2D eigenvalue weighted by Crippen LogP contribution is -2.55. The van der Waals surface area contributed by atoms with E-state index < -0.39 is 6.10 Å². The Morgan fingerprint density at radius 2 is 1.73 bits per heavy atom. The van der Waals surface area contributed by atoms with E-state index in [4.69, 9.17) is 0 Å². The Kier molecular flexibility index (Phi) is 3.32. The summed E-state index contributed by atoms with van der Waals surface area (Å²) >= 11 is 0. The fourth-order valence-electron chi connectivity index (χ4n) is 6.60. The number of aliphatic hydroxyl groups is 3. The van der Waals surface area contributed by atoms with Gasteiger partial charge in [0.05, 0.1) is 18.3 Å². The van der Waals surface area contributed by atoms with Crippen LogP contribution in [0.1, 0.15) is 58.8 Å². The molecule has 8 atom stereocenters. The average molecular weight is 306 g/mol. The van der Waals surface area contributed by atoms with Crippen LogP contribution in [0.3, 0.4) is 0 Å². The smallest absolute Gasteiger partial charge is 0.0757 e. The van der Waals surface area contributed by atoms with E-state index in [1.807, 2.05) is 0 Å². The van der Waals surface area contributed by atoms with Crippen molar-refractivity contribution < 1.29 is 15.3 Å². The van der Waals surface area contributed by atoms with Crippen LogP contribution in [0, 0.1) is 28.6 Å². The minimum absolute atomic E-state index is 0.00195. The zero-order valence-corrected chi connectivity index (χ0v) is 13.8. The molecule has 0 amide bonds. The summed E-state index contributed by atoms with van der Waals surface area (Å²) in [5.74, 6) is 1.25. The summed E-state index contributed by atoms with van der Waals surface area (Å²) in [6.07, 6.45) is 8.05. The van der Waals surface area contributed by atoms with Crippen molar-refractivity contribution in [1.29, 1.82) is 0 Å². The molecule has 0 aromatic heterocycles. The van der Waals surface area contributed by atoms with Crippen molar-refractivity contribution in [3.63, 3.8) is 0 Å². The van der Waals surface area contributed by atoms with Gasteiger partial charge in [-0.25, -0.2) is 0 Å². The lowest BCUT2D eigenvalue weighted by molar-refractivity contribution is -0.105. The molecule has 3 fully saturated rings. The summed E-state index contributed by atoms with van der Waals surface area (Å²) in [4.78, 5) is 0. The highest BCUT2D eigenvalue weighted by Crippen LogP contribution is 2.64. The van der Waals surface area contributed by atoms with Crippen LogP contribution in [0.5, 0.6) is 0 Å². The molecule has 0 saturated heterocycles. The first-order valence-corrected chi connectivity index (χ1v) is 9.11. The Bertz CT molecular complexity index is 501. The summed E-state index contributed by atoms with van der Waals surface area (Å²) < 4.78 is 0. The molecule has 0 aliphatic heterocycles. The second-order valence-electron chi connectivity index (χ2n) is 8.92. The summed E-state index contributed by atoms with van der Waals surface area (Å²) in [6, 6.07) is 0. The first-order valence-electron chi connectivity index (χ1n) is 9.11. The van der Waals surface area contributed by atoms with E-state index in [-0.39, 0.29) is 23.0 Å². The average Bonchev–Trinajstić information content (AvgIpc) is 2.77. The van der Waals surface area contributed by atoms with Crippen LogP contribution in [-0.4, -0.2) is 33.6 Å². The predicted octanol–water partition coefficient (Wildman–Crippen LogP) is 2.64. The van der Waals surface area contributed by atoms with Crippen LogP contribution >= 0.6 is 0 Å². The maximum Gasteiger partial charge on any atom is 0.0757 e. The van der Waals surface area contributed by atoms with E-state index in [9.17, 15) is 15.3 Å². The molecule has 22 heavy (non-hydrogen) atoms. The first kappa shape index (κ1) is 15.2. The van der Waals surface area contributed by atoms with Crippen molar-refractivity contribution in [3.05, 3.63) is 11.6 Å². The van der Waals surface area contributed by atoms with Crippen LogP contribution in [-0.2, 0) is 0 Å². The Morgan fingerprint density at radius 3 is 2.50 bits per heavy atom. The molecule has 124 valence electrons. The van der Waals surface area contributed by atoms with Gasteiger partial charge in [0.15, 0.2) is 0 Å². The van der Waals surface area contributed by atoms with Crippen LogP contribution < -0.4 is 0 Å². The number of hydrogen-bond donors (Lipinski definition) is 3. The van der Waals surface area contributed by atoms with E-state index in [1.54, 1.807) is 0 Å². The van der Waals surface area contributed by atoms with E-state index in [0.717, 1.165) is 44.9 Å². The van der Waals surface area contributed by atoms with Crippen LogP contribution in [0.2, 0.25) is 0 Å². The van der Waals surface area contributed by atoms with Gasteiger partial charge in [-0.3, -0.25) is 0 Å². The van der Waals surface area contributed by atoms with Crippen molar-refractivity contribution in [2.75, 3.05) is 0 Å². The summed E-state index contributed by atoms with van der Waals surface area (Å²) in [6.45, 7) is 4.60. The Hall–Kier alpha value is -0.380. The van der Waals surface area contributed by atoms with E-state index in [2.05, 4.69) is 19.9 Å². The Morgan fingerprint density at radius 1 is 0.955 bits per heavy atom. The molecule has 0 aromatic rings. The highest BCUT2D eigenvalue weighted by Gasteiger charge is 2.60. The van der Waals surface area contributed by atoms with Gasteiger partial charge in [-0.15, -0.1) is 0 Å². The normalized spacial score (nSPS) is 57.6. The summed E-state index contributed by atoms with van der Waals surface area (Å²) in [5.41, 5.74) is 1.44. The zero-order valence-electron chi connectivity index (χ0n) is 13.8. The van der Waals surface area contributed by atoms with Crippen LogP contribution in [0.4, 0.5) is 0 Å². The molecular weight excluding hydrogens is 276 g/mol. The molecule has 4 aliphatic rings. The molecule has 0 spiro atoms. The molecular formula is C19H30O3. The third-order valence-electron chi connectivity index (χ3n) is 8.05. The third-order valence-corrected chi connectivity index (χ3v) is 8.05. The van der Waals surface area contributed by atoms with Crippen LogP contribution in [0.25, 0.3) is 0 Å². The molecule has 3 nitrogen and oxygen atoms in total. The molecule has 3 N–H and O–H groups in total. The predicted molar refractivity (Wildman–Crippen MR) is 85.1 cm³/mol.